The molecule has 168 valence electrons. The Labute approximate surface area is 190 Å². The van der Waals surface area contributed by atoms with Crippen molar-refractivity contribution in [2.24, 2.45) is 5.73 Å². The second-order valence-corrected chi connectivity index (χ2v) is 7.52. The summed E-state index contributed by atoms with van der Waals surface area (Å²) >= 11 is 0. The first-order chi connectivity index (χ1) is 16.0. The van der Waals surface area contributed by atoms with Gasteiger partial charge in [-0.25, -0.2) is 4.98 Å². The molecular weight excluding hydrogens is 422 g/mol. The number of nitrogens with two attached hydrogens (primary N) is 1. The number of para-hydroxylation sites is 1. The molecule has 0 saturated carbocycles. The Morgan fingerprint density at radius 1 is 0.909 bits per heavy atom. The molecule has 0 unspecified atom stereocenters. The number of benzene rings is 2. The van der Waals surface area contributed by atoms with Gasteiger partial charge in [0.2, 0.25) is 0 Å². The first kappa shape index (κ1) is 21.9. The lowest BCUT2D eigenvalue weighted by atomic mass is 10.1. The number of nitrogens with zero attached hydrogens (tertiary/aromatic N) is 4. The van der Waals surface area contributed by atoms with E-state index < -0.39 is 5.91 Å². The Bertz CT molecular complexity index is 1160. The first-order valence-electron chi connectivity index (χ1n) is 10.5. The molecule has 2 heterocycles. The largest absolute Gasteiger partial charge is 0.488 e. The van der Waals surface area contributed by atoms with Gasteiger partial charge in [0.25, 0.3) is 17.7 Å². The summed E-state index contributed by atoms with van der Waals surface area (Å²) in [5.74, 6) is -0.469. The number of ether oxygens (including phenoxy) is 1. The van der Waals surface area contributed by atoms with Crippen LogP contribution < -0.4 is 10.5 Å². The van der Waals surface area contributed by atoms with Crippen LogP contribution in [0, 0.1) is 0 Å². The Morgan fingerprint density at radius 3 is 2.33 bits per heavy atom. The predicted octanol–water partition coefficient (Wildman–Crippen LogP) is 1.75. The molecule has 1 aromatic heterocycles. The molecule has 3 amide bonds. The zero-order valence-electron chi connectivity index (χ0n) is 17.9. The number of hydrogen-bond donors (Lipinski definition) is 1. The van der Waals surface area contributed by atoms with Crippen LogP contribution in [0.5, 0.6) is 5.75 Å². The monoisotopic (exact) mass is 445 g/mol. The van der Waals surface area contributed by atoms with E-state index in [1.165, 1.54) is 18.6 Å². The number of rotatable bonds is 6. The maximum Gasteiger partial charge on any atom is 0.274 e. The molecule has 33 heavy (non-hydrogen) atoms. The molecular formula is C24H23N5O4. The van der Waals surface area contributed by atoms with Gasteiger partial charge in [-0.1, -0.05) is 24.3 Å². The quantitative estimate of drug-likeness (QED) is 0.618. The molecule has 1 fully saturated rings. The fourth-order valence-electron chi connectivity index (χ4n) is 3.62. The van der Waals surface area contributed by atoms with Gasteiger partial charge in [0.1, 0.15) is 18.1 Å². The van der Waals surface area contributed by atoms with E-state index in [0.29, 0.717) is 48.7 Å². The standard InChI is InChI=1S/C24H23N5O4/c25-22(30)19-6-1-2-7-21(19)33-16-17-4-3-5-18(14-17)23(31)28-10-12-29(13-11-28)24(32)20-15-26-8-9-27-20/h1-9,14-15H,10-13,16H2,(H2,25,30). The molecule has 0 radical (unpaired) electrons. The predicted molar refractivity (Wildman–Crippen MR) is 120 cm³/mol. The van der Waals surface area contributed by atoms with Crippen molar-refractivity contribution in [1.82, 2.24) is 19.8 Å². The van der Waals surface area contributed by atoms with Crippen molar-refractivity contribution in [2.75, 3.05) is 26.2 Å². The lowest BCUT2D eigenvalue weighted by molar-refractivity contribution is 0.0532. The van der Waals surface area contributed by atoms with Crippen molar-refractivity contribution >= 4 is 17.7 Å². The van der Waals surface area contributed by atoms with Gasteiger partial charge >= 0.3 is 0 Å². The van der Waals surface area contributed by atoms with Crippen LogP contribution in [0.4, 0.5) is 0 Å². The highest BCUT2D eigenvalue weighted by Gasteiger charge is 2.26. The number of piperazine rings is 1. The zero-order chi connectivity index (χ0) is 23.2. The van der Waals surface area contributed by atoms with Crippen molar-refractivity contribution in [3.63, 3.8) is 0 Å². The maximum atomic E-state index is 13.0. The van der Waals surface area contributed by atoms with E-state index in [9.17, 15) is 14.4 Å². The molecule has 3 aromatic rings. The molecule has 1 aliphatic rings. The van der Waals surface area contributed by atoms with Crippen LogP contribution in [0.2, 0.25) is 0 Å². The summed E-state index contributed by atoms with van der Waals surface area (Å²) in [6, 6.07) is 13.9. The second kappa shape index (κ2) is 9.90. The van der Waals surface area contributed by atoms with E-state index in [-0.39, 0.29) is 18.4 Å². The smallest absolute Gasteiger partial charge is 0.274 e. The number of amides is 3. The highest BCUT2D eigenvalue weighted by Crippen LogP contribution is 2.19. The Hall–Kier alpha value is -4.27. The molecule has 0 spiro atoms. The minimum atomic E-state index is -0.563. The van der Waals surface area contributed by atoms with E-state index in [1.54, 1.807) is 52.3 Å². The van der Waals surface area contributed by atoms with Crippen LogP contribution in [0.1, 0.15) is 36.8 Å². The summed E-state index contributed by atoms with van der Waals surface area (Å²) < 4.78 is 5.77. The summed E-state index contributed by atoms with van der Waals surface area (Å²) in [7, 11) is 0. The summed E-state index contributed by atoms with van der Waals surface area (Å²) in [6.45, 7) is 1.89. The topological polar surface area (TPSA) is 119 Å². The third-order valence-corrected chi connectivity index (χ3v) is 5.36. The lowest BCUT2D eigenvalue weighted by Gasteiger charge is -2.34. The number of carbonyl (C=O) groups excluding carboxylic acids is 3. The molecule has 2 aromatic carbocycles. The Kier molecular flexibility index (Phi) is 6.58. The lowest BCUT2D eigenvalue weighted by Crippen LogP contribution is -2.50. The van der Waals surface area contributed by atoms with E-state index in [1.807, 2.05) is 6.07 Å². The number of primary amides is 1. The number of aromatic nitrogens is 2. The maximum absolute atomic E-state index is 13.0. The van der Waals surface area contributed by atoms with Crippen molar-refractivity contribution < 1.29 is 19.1 Å². The number of hydrogen-bond acceptors (Lipinski definition) is 6. The van der Waals surface area contributed by atoms with Gasteiger partial charge in [-0.05, 0) is 29.8 Å². The number of carbonyl (C=O) groups is 3. The Morgan fingerprint density at radius 2 is 1.64 bits per heavy atom. The fraction of sp³-hybridized carbons (Fsp3) is 0.208. The van der Waals surface area contributed by atoms with Crippen molar-refractivity contribution in [3.8, 4) is 5.75 Å². The summed E-state index contributed by atoms with van der Waals surface area (Å²) in [4.78, 5) is 48.5. The van der Waals surface area contributed by atoms with Crippen LogP contribution in [0.25, 0.3) is 0 Å². The molecule has 0 bridgehead atoms. The summed E-state index contributed by atoms with van der Waals surface area (Å²) in [5.41, 5.74) is 7.31. The third-order valence-electron chi connectivity index (χ3n) is 5.36. The first-order valence-corrected chi connectivity index (χ1v) is 10.5. The van der Waals surface area contributed by atoms with Gasteiger partial charge in [0, 0.05) is 44.1 Å². The molecule has 9 nitrogen and oxygen atoms in total. The van der Waals surface area contributed by atoms with Gasteiger partial charge in [-0.3, -0.25) is 19.4 Å². The second-order valence-electron chi connectivity index (χ2n) is 7.52. The molecule has 1 saturated heterocycles. The van der Waals surface area contributed by atoms with Crippen LogP contribution in [-0.4, -0.2) is 63.7 Å². The normalized spacial score (nSPS) is 13.5. The molecule has 0 aliphatic carbocycles. The van der Waals surface area contributed by atoms with Gasteiger partial charge in [0.05, 0.1) is 11.8 Å². The van der Waals surface area contributed by atoms with Crippen LogP contribution >= 0.6 is 0 Å². The van der Waals surface area contributed by atoms with Crippen molar-refractivity contribution in [1.29, 1.82) is 0 Å². The van der Waals surface area contributed by atoms with Crippen LogP contribution in [0.15, 0.2) is 67.1 Å². The minimum Gasteiger partial charge on any atom is -0.488 e. The zero-order valence-corrected chi connectivity index (χ0v) is 17.9. The SMILES string of the molecule is NC(=O)c1ccccc1OCc1cccc(C(=O)N2CCN(C(=O)c3cnccn3)CC2)c1. The van der Waals surface area contributed by atoms with Crippen molar-refractivity contribution in [2.45, 2.75) is 6.61 Å². The van der Waals surface area contributed by atoms with E-state index in [4.69, 9.17) is 10.5 Å². The molecule has 9 heteroatoms. The summed E-state index contributed by atoms with van der Waals surface area (Å²) in [5, 5.41) is 0. The average molecular weight is 445 g/mol. The fourth-order valence-corrected chi connectivity index (χ4v) is 3.62. The van der Waals surface area contributed by atoms with E-state index in [0.717, 1.165) is 5.56 Å². The van der Waals surface area contributed by atoms with Gasteiger partial charge < -0.3 is 20.3 Å². The summed E-state index contributed by atoms with van der Waals surface area (Å²) in [6.07, 6.45) is 4.44. The molecule has 2 N–H and O–H groups in total. The van der Waals surface area contributed by atoms with Crippen LogP contribution in [-0.2, 0) is 6.61 Å². The highest BCUT2D eigenvalue weighted by atomic mass is 16.5. The van der Waals surface area contributed by atoms with E-state index in [2.05, 4.69) is 9.97 Å². The minimum absolute atomic E-state index is 0.110. The third kappa shape index (κ3) is 5.15. The van der Waals surface area contributed by atoms with Crippen molar-refractivity contribution in [3.05, 3.63) is 89.5 Å². The average Bonchev–Trinajstić information content (AvgIpc) is 2.87. The van der Waals surface area contributed by atoms with Gasteiger partial charge in [0.15, 0.2) is 0 Å². The molecule has 0 atom stereocenters. The Balaban J connectivity index is 1.36. The van der Waals surface area contributed by atoms with Gasteiger partial charge in [-0.15, -0.1) is 0 Å². The van der Waals surface area contributed by atoms with Crippen LogP contribution in [0.3, 0.4) is 0 Å². The molecule has 1 aliphatic heterocycles. The van der Waals surface area contributed by atoms with Gasteiger partial charge in [-0.2, -0.15) is 0 Å². The molecule has 4 rings (SSSR count). The highest BCUT2D eigenvalue weighted by molar-refractivity contribution is 5.96. The van der Waals surface area contributed by atoms with E-state index >= 15 is 0 Å².